The van der Waals surface area contributed by atoms with Gasteiger partial charge in [0.25, 0.3) is 0 Å². The van der Waals surface area contributed by atoms with E-state index in [-0.39, 0.29) is 11.9 Å². The number of nitrogens with zero attached hydrogens (tertiary/aromatic N) is 1. The second-order valence-corrected chi connectivity index (χ2v) is 5.43. The monoisotopic (exact) mass is 291 g/mol. The molecule has 1 aliphatic rings. The standard InChI is InChI=1S/C17H16F3N/c18-14-6-4-13(5-7-14)17-2-1-9-21(17)11-12-3-8-15(19)16(20)10-12/h3-8,10,17H,1-2,9,11H2/t17-/m1/s1. The van der Waals surface area contributed by atoms with Crippen molar-refractivity contribution in [2.45, 2.75) is 25.4 Å². The molecule has 1 saturated heterocycles. The fraction of sp³-hybridized carbons (Fsp3) is 0.294. The van der Waals surface area contributed by atoms with Crippen LogP contribution in [-0.2, 0) is 6.54 Å². The van der Waals surface area contributed by atoms with Crippen LogP contribution in [0.25, 0.3) is 0 Å². The normalized spacial score (nSPS) is 19.1. The average molecular weight is 291 g/mol. The second-order valence-electron chi connectivity index (χ2n) is 5.43. The van der Waals surface area contributed by atoms with E-state index in [1.54, 1.807) is 18.2 Å². The summed E-state index contributed by atoms with van der Waals surface area (Å²) in [5.41, 5.74) is 1.82. The molecule has 0 unspecified atom stereocenters. The Hall–Kier alpha value is -1.81. The summed E-state index contributed by atoms with van der Waals surface area (Å²) in [6.07, 6.45) is 2.04. The maximum atomic E-state index is 13.3. The highest BCUT2D eigenvalue weighted by atomic mass is 19.2. The van der Waals surface area contributed by atoms with Gasteiger partial charge in [0, 0.05) is 12.6 Å². The summed E-state index contributed by atoms with van der Waals surface area (Å²) in [6, 6.07) is 10.7. The topological polar surface area (TPSA) is 3.24 Å². The van der Waals surface area contributed by atoms with E-state index in [1.165, 1.54) is 18.2 Å². The van der Waals surface area contributed by atoms with Crippen LogP contribution in [0.5, 0.6) is 0 Å². The molecular weight excluding hydrogens is 275 g/mol. The van der Waals surface area contributed by atoms with Gasteiger partial charge in [-0.25, -0.2) is 13.2 Å². The Balaban J connectivity index is 1.77. The maximum absolute atomic E-state index is 13.3. The third-order valence-electron chi connectivity index (χ3n) is 3.99. The number of benzene rings is 2. The van der Waals surface area contributed by atoms with E-state index in [4.69, 9.17) is 0 Å². The molecular formula is C17H16F3N. The molecule has 1 nitrogen and oxygen atoms in total. The van der Waals surface area contributed by atoms with Gasteiger partial charge in [0.05, 0.1) is 0 Å². The van der Waals surface area contributed by atoms with Gasteiger partial charge in [0.1, 0.15) is 5.82 Å². The van der Waals surface area contributed by atoms with Crippen molar-refractivity contribution in [3.8, 4) is 0 Å². The molecule has 2 aromatic carbocycles. The Labute approximate surface area is 122 Å². The van der Waals surface area contributed by atoms with Gasteiger partial charge in [-0.1, -0.05) is 18.2 Å². The first-order valence-corrected chi connectivity index (χ1v) is 7.07. The van der Waals surface area contributed by atoms with Gasteiger partial charge in [-0.05, 0) is 54.8 Å². The van der Waals surface area contributed by atoms with Crippen molar-refractivity contribution in [2.75, 3.05) is 6.54 Å². The van der Waals surface area contributed by atoms with E-state index >= 15 is 0 Å². The van der Waals surface area contributed by atoms with Gasteiger partial charge in [-0.3, -0.25) is 4.90 Å². The van der Waals surface area contributed by atoms with E-state index in [0.29, 0.717) is 6.54 Å². The number of likely N-dealkylation sites (tertiary alicyclic amines) is 1. The summed E-state index contributed by atoms with van der Waals surface area (Å²) in [4.78, 5) is 2.22. The Morgan fingerprint density at radius 1 is 0.952 bits per heavy atom. The van der Waals surface area contributed by atoms with Gasteiger partial charge in [0.15, 0.2) is 11.6 Å². The van der Waals surface area contributed by atoms with Crippen LogP contribution in [0, 0.1) is 17.5 Å². The van der Waals surface area contributed by atoms with Crippen LogP contribution >= 0.6 is 0 Å². The minimum atomic E-state index is -0.824. The number of hydrogen-bond donors (Lipinski definition) is 0. The third-order valence-corrected chi connectivity index (χ3v) is 3.99. The molecule has 0 aromatic heterocycles. The summed E-state index contributed by atoms with van der Waals surface area (Å²) >= 11 is 0. The van der Waals surface area contributed by atoms with Crippen molar-refractivity contribution in [2.24, 2.45) is 0 Å². The van der Waals surface area contributed by atoms with Crippen molar-refractivity contribution in [3.05, 3.63) is 71.0 Å². The van der Waals surface area contributed by atoms with Crippen LogP contribution in [0.1, 0.15) is 30.0 Å². The molecule has 2 aromatic rings. The lowest BCUT2D eigenvalue weighted by atomic mass is 10.0. The molecule has 1 fully saturated rings. The molecule has 0 N–H and O–H groups in total. The van der Waals surface area contributed by atoms with Crippen molar-refractivity contribution in [1.29, 1.82) is 0 Å². The smallest absolute Gasteiger partial charge is 0.159 e. The highest BCUT2D eigenvalue weighted by Crippen LogP contribution is 2.33. The first-order valence-electron chi connectivity index (χ1n) is 7.07. The molecule has 0 amide bonds. The Bertz CT molecular complexity index is 624. The zero-order valence-corrected chi connectivity index (χ0v) is 11.5. The van der Waals surface area contributed by atoms with Crippen LogP contribution in [0.2, 0.25) is 0 Å². The average Bonchev–Trinajstić information content (AvgIpc) is 2.92. The van der Waals surface area contributed by atoms with E-state index in [9.17, 15) is 13.2 Å². The van der Waals surface area contributed by atoms with Gasteiger partial charge in [-0.2, -0.15) is 0 Å². The summed E-state index contributed by atoms with van der Waals surface area (Å²) < 4.78 is 39.3. The van der Waals surface area contributed by atoms with E-state index in [1.807, 2.05) is 0 Å². The summed E-state index contributed by atoms with van der Waals surface area (Å²) in [7, 11) is 0. The summed E-state index contributed by atoms with van der Waals surface area (Å²) in [5.74, 6) is -1.89. The van der Waals surface area contributed by atoms with Crippen molar-refractivity contribution in [3.63, 3.8) is 0 Å². The molecule has 1 heterocycles. The van der Waals surface area contributed by atoms with Crippen molar-refractivity contribution < 1.29 is 13.2 Å². The zero-order chi connectivity index (χ0) is 14.8. The van der Waals surface area contributed by atoms with Crippen LogP contribution in [0.4, 0.5) is 13.2 Å². The van der Waals surface area contributed by atoms with Crippen molar-refractivity contribution >= 4 is 0 Å². The van der Waals surface area contributed by atoms with E-state index in [0.717, 1.165) is 36.6 Å². The molecule has 1 aliphatic heterocycles. The second kappa shape index (κ2) is 5.90. The van der Waals surface area contributed by atoms with Crippen LogP contribution < -0.4 is 0 Å². The van der Waals surface area contributed by atoms with Gasteiger partial charge in [0.2, 0.25) is 0 Å². The number of rotatable bonds is 3. The lowest BCUT2D eigenvalue weighted by Crippen LogP contribution is -2.22. The molecule has 0 radical (unpaired) electrons. The molecule has 4 heteroatoms. The lowest BCUT2D eigenvalue weighted by Gasteiger charge is -2.25. The first kappa shape index (κ1) is 14.1. The molecule has 0 bridgehead atoms. The molecule has 21 heavy (non-hydrogen) atoms. The highest BCUT2D eigenvalue weighted by molar-refractivity contribution is 5.22. The Morgan fingerprint density at radius 2 is 1.71 bits per heavy atom. The number of hydrogen-bond acceptors (Lipinski definition) is 1. The largest absolute Gasteiger partial charge is 0.292 e. The number of halogens is 3. The lowest BCUT2D eigenvalue weighted by molar-refractivity contribution is 0.248. The van der Waals surface area contributed by atoms with Gasteiger partial charge >= 0.3 is 0 Å². The fourth-order valence-corrected chi connectivity index (χ4v) is 2.95. The Morgan fingerprint density at radius 3 is 2.43 bits per heavy atom. The van der Waals surface area contributed by atoms with E-state index in [2.05, 4.69) is 4.90 Å². The van der Waals surface area contributed by atoms with E-state index < -0.39 is 11.6 Å². The predicted octanol–water partition coefficient (Wildman–Crippen LogP) is 4.44. The molecule has 1 atom stereocenters. The van der Waals surface area contributed by atoms with Crippen molar-refractivity contribution in [1.82, 2.24) is 4.90 Å². The zero-order valence-electron chi connectivity index (χ0n) is 11.5. The highest BCUT2D eigenvalue weighted by Gasteiger charge is 2.26. The molecule has 110 valence electrons. The quantitative estimate of drug-likeness (QED) is 0.808. The SMILES string of the molecule is Fc1ccc([C@H]2CCCN2Cc2ccc(F)c(F)c2)cc1. The van der Waals surface area contributed by atoms with Gasteiger partial charge in [-0.15, -0.1) is 0 Å². The fourth-order valence-electron chi connectivity index (χ4n) is 2.95. The van der Waals surface area contributed by atoms with Crippen LogP contribution in [0.15, 0.2) is 42.5 Å². The molecule has 0 aliphatic carbocycles. The van der Waals surface area contributed by atoms with Gasteiger partial charge < -0.3 is 0 Å². The molecule has 0 saturated carbocycles. The summed E-state index contributed by atoms with van der Waals surface area (Å²) in [6.45, 7) is 1.47. The van der Waals surface area contributed by atoms with Crippen LogP contribution in [-0.4, -0.2) is 11.4 Å². The predicted molar refractivity (Wildman–Crippen MR) is 75.1 cm³/mol. The molecule has 3 rings (SSSR count). The third kappa shape index (κ3) is 3.10. The molecule has 0 spiro atoms. The van der Waals surface area contributed by atoms with Crippen LogP contribution in [0.3, 0.4) is 0 Å². The first-order chi connectivity index (χ1) is 10.1. The minimum Gasteiger partial charge on any atom is -0.292 e. The maximum Gasteiger partial charge on any atom is 0.159 e. The minimum absolute atomic E-state index is 0.207. The summed E-state index contributed by atoms with van der Waals surface area (Å²) in [5, 5.41) is 0. The Kier molecular flexibility index (Phi) is 3.97.